The van der Waals surface area contributed by atoms with E-state index in [1.807, 2.05) is 12.1 Å². The highest BCUT2D eigenvalue weighted by Crippen LogP contribution is 2.13. The van der Waals surface area contributed by atoms with Crippen molar-refractivity contribution < 1.29 is 36.7 Å². The summed E-state index contributed by atoms with van der Waals surface area (Å²) in [6, 6.07) is 9.41. The minimum atomic E-state index is -0.511. The molecule has 1 aromatic carbocycles. The molecule has 0 unspecified atom stereocenters. The molecule has 0 amide bonds. The predicted octanol–water partition coefficient (Wildman–Crippen LogP) is -1.29. The lowest BCUT2D eigenvalue weighted by Crippen LogP contribution is -3.00. The molecule has 112 valence electrons. The van der Waals surface area contributed by atoms with E-state index in [9.17, 15) is 14.9 Å². The molecule has 2 aromatic rings. The Morgan fingerprint density at radius 2 is 2.00 bits per heavy atom. The largest absolute Gasteiger partial charge is 1.00 e. The van der Waals surface area contributed by atoms with Crippen LogP contribution in [-0.2, 0) is 6.54 Å². The third-order valence-corrected chi connectivity index (χ3v) is 3.00. The number of nitro benzene ring substituents is 1. The third kappa shape index (κ3) is 5.33. The van der Waals surface area contributed by atoms with Crippen LogP contribution >= 0.6 is 15.9 Å². The van der Waals surface area contributed by atoms with Gasteiger partial charge in [-0.2, -0.15) is 4.57 Å². The summed E-state index contributed by atoms with van der Waals surface area (Å²) in [6.45, 7) is 0.139. The first kappa shape index (κ1) is 19.4. The molecule has 0 aliphatic heterocycles. The zero-order chi connectivity index (χ0) is 13.8. The molecule has 6 nitrogen and oxygen atoms in total. The second-order valence-electron chi connectivity index (χ2n) is 3.93. The van der Waals surface area contributed by atoms with E-state index in [0.717, 1.165) is 4.47 Å². The van der Waals surface area contributed by atoms with Gasteiger partial charge in [0.05, 0.1) is 9.40 Å². The maximum absolute atomic E-state index is 12.0. The van der Waals surface area contributed by atoms with Gasteiger partial charge >= 0.3 is 0 Å². The van der Waals surface area contributed by atoms with Crippen LogP contribution in [0.25, 0.3) is 0 Å². The summed E-state index contributed by atoms with van der Waals surface area (Å²) in [6.07, 6.45) is 3.54. The quantitative estimate of drug-likeness (QED) is 0.267. The van der Waals surface area contributed by atoms with E-state index >= 15 is 0 Å². The summed E-state index contributed by atoms with van der Waals surface area (Å²) in [7, 11) is 0. The van der Waals surface area contributed by atoms with Crippen molar-refractivity contribution in [1.29, 1.82) is 0 Å². The van der Waals surface area contributed by atoms with Crippen molar-refractivity contribution in [3.63, 3.8) is 0 Å². The fraction of sp³-hybridized carbons (Fsp3) is 0.0769. The Balaban J connectivity index is 0.00000200. The van der Waals surface area contributed by atoms with Gasteiger partial charge in [-0.25, -0.2) is 0 Å². The molecule has 0 aliphatic carbocycles. The summed E-state index contributed by atoms with van der Waals surface area (Å²) >= 11 is 3.32. The first-order chi connectivity index (χ1) is 9.06. The standard InChI is InChI=1S/C13H10BrN2O3.BrH.H2O/c14-11-4-2-6-15(8-11)9-13(17)10-3-1-5-12(7-10)16(18)19;;/h1-8H,9H2;1H;1H2/q+1;;/p-1. The van der Waals surface area contributed by atoms with Crippen molar-refractivity contribution in [2.45, 2.75) is 6.54 Å². The van der Waals surface area contributed by atoms with Crippen LogP contribution < -0.4 is 21.5 Å². The van der Waals surface area contributed by atoms with Crippen LogP contribution in [0, 0.1) is 10.1 Å². The van der Waals surface area contributed by atoms with Gasteiger partial charge in [0.15, 0.2) is 12.4 Å². The summed E-state index contributed by atoms with van der Waals surface area (Å²) < 4.78 is 2.58. The number of nitrogens with zero attached hydrogens (tertiary/aromatic N) is 2. The van der Waals surface area contributed by atoms with Gasteiger partial charge in [-0.1, -0.05) is 12.1 Å². The molecule has 2 N–H and O–H groups in total. The first-order valence-corrected chi connectivity index (χ1v) is 6.28. The highest BCUT2D eigenvalue weighted by Gasteiger charge is 2.15. The number of Topliss-reactive ketones (excluding diaryl/α,β-unsaturated/α-hetero) is 1. The van der Waals surface area contributed by atoms with E-state index in [4.69, 9.17) is 0 Å². The molecule has 0 spiro atoms. The van der Waals surface area contributed by atoms with E-state index in [2.05, 4.69) is 15.9 Å². The monoisotopic (exact) mass is 418 g/mol. The van der Waals surface area contributed by atoms with Crippen molar-refractivity contribution in [3.8, 4) is 0 Å². The van der Waals surface area contributed by atoms with Crippen molar-refractivity contribution in [3.05, 3.63) is 68.9 Å². The number of non-ortho nitro benzene ring substituents is 1. The Kier molecular flexibility index (Phi) is 7.93. The molecule has 0 atom stereocenters. The molecule has 0 bridgehead atoms. The molecule has 0 radical (unpaired) electrons. The number of benzene rings is 1. The van der Waals surface area contributed by atoms with Crippen molar-refractivity contribution >= 4 is 27.4 Å². The van der Waals surface area contributed by atoms with E-state index < -0.39 is 4.92 Å². The lowest BCUT2D eigenvalue weighted by molar-refractivity contribution is -0.683. The van der Waals surface area contributed by atoms with Crippen LogP contribution in [0.3, 0.4) is 0 Å². The zero-order valence-electron chi connectivity index (χ0n) is 10.7. The second-order valence-corrected chi connectivity index (χ2v) is 4.84. The van der Waals surface area contributed by atoms with Crippen LogP contribution in [-0.4, -0.2) is 16.2 Å². The normalized spacial score (nSPS) is 9.19. The number of carbonyl (C=O) groups excluding carboxylic acids is 1. The van der Waals surface area contributed by atoms with Gasteiger partial charge in [-0.05, 0) is 22.0 Å². The van der Waals surface area contributed by atoms with Gasteiger partial charge < -0.3 is 22.5 Å². The Labute approximate surface area is 139 Å². The zero-order valence-corrected chi connectivity index (χ0v) is 13.9. The number of ketones is 1. The molecule has 2 rings (SSSR count). The Morgan fingerprint density at radius 3 is 2.62 bits per heavy atom. The molecule has 0 saturated carbocycles. The molecule has 1 heterocycles. The molecule has 8 heteroatoms. The van der Waals surface area contributed by atoms with Crippen LogP contribution in [0.5, 0.6) is 0 Å². The number of pyridine rings is 1. The minimum Gasteiger partial charge on any atom is -1.00 e. The number of carbonyl (C=O) groups is 1. The van der Waals surface area contributed by atoms with Gasteiger partial charge in [-0.15, -0.1) is 0 Å². The molecular formula is C13H12Br2N2O4. The Morgan fingerprint density at radius 1 is 1.29 bits per heavy atom. The smallest absolute Gasteiger partial charge is 0.270 e. The molecule has 0 aliphatic rings. The van der Waals surface area contributed by atoms with Gasteiger partial charge in [0.25, 0.3) is 5.69 Å². The van der Waals surface area contributed by atoms with E-state index in [1.54, 1.807) is 23.0 Å². The average Bonchev–Trinajstić information content (AvgIpc) is 2.39. The molecule has 1 aromatic heterocycles. The van der Waals surface area contributed by atoms with Crippen molar-refractivity contribution in [1.82, 2.24) is 0 Å². The minimum absolute atomic E-state index is 0. The summed E-state index contributed by atoms with van der Waals surface area (Å²) in [5.41, 5.74) is 0.256. The molecule has 0 fully saturated rings. The predicted molar refractivity (Wildman–Crippen MR) is 75.4 cm³/mol. The van der Waals surface area contributed by atoms with E-state index in [0.29, 0.717) is 5.56 Å². The maximum atomic E-state index is 12.0. The Hall–Kier alpha value is -1.64. The molecule has 21 heavy (non-hydrogen) atoms. The van der Waals surface area contributed by atoms with Gasteiger partial charge in [-0.3, -0.25) is 14.9 Å². The van der Waals surface area contributed by atoms with Crippen LogP contribution in [0.1, 0.15) is 10.4 Å². The average molecular weight is 420 g/mol. The topological polar surface area (TPSA) is 95.6 Å². The number of aromatic nitrogens is 1. The number of hydrogen-bond acceptors (Lipinski definition) is 3. The highest BCUT2D eigenvalue weighted by molar-refractivity contribution is 9.10. The first-order valence-electron chi connectivity index (χ1n) is 5.48. The van der Waals surface area contributed by atoms with E-state index in [1.165, 1.54) is 18.2 Å². The maximum Gasteiger partial charge on any atom is 0.270 e. The molecular weight excluding hydrogens is 408 g/mol. The highest BCUT2D eigenvalue weighted by atomic mass is 79.9. The fourth-order valence-electron chi connectivity index (χ4n) is 1.64. The lowest BCUT2D eigenvalue weighted by Gasteiger charge is -1.99. The Bertz CT molecular complexity index is 650. The summed E-state index contributed by atoms with van der Waals surface area (Å²) in [4.78, 5) is 22.2. The van der Waals surface area contributed by atoms with Gasteiger partial charge in [0.1, 0.15) is 0 Å². The number of rotatable bonds is 4. The second kappa shape index (κ2) is 8.60. The van der Waals surface area contributed by atoms with Gasteiger partial charge in [0.2, 0.25) is 12.3 Å². The SMILES string of the molecule is O.O=C(C[n+]1cccc(Br)c1)c1cccc([N+](=O)[O-])c1.[Br-]. The summed E-state index contributed by atoms with van der Waals surface area (Å²) in [5.74, 6) is -0.174. The fourth-order valence-corrected chi connectivity index (χ4v) is 2.05. The van der Waals surface area contributed by atoms with E-state index in [-0.39, 0.29) is 40.5 Å². The number of nitro groups is 1. The van der Waals surface area contributed by atoms with Crippen molar-refractivity contribution in [2.24, 2.45) is 0 Å². The van der Waals surface area contributed by atoms with Crippen LogP contribution in [0.2, 0.25) is 0 Å². The van der Waals surface area contributed by atoms with Crippen molar-refractivity contribution in [2.75, 3.05) is 0 Å². The van der Waals surface area contributed by atoms with Crippen LogP contribution in [0.4, 0.5) is 5.69 Å². The molecule has 0 saturated heterocycles. The lowest BCUT2D eigenvalue weighted by atomic mass is 10.1. The third-order valence-electron chi connectivity index (χ3n) is 2.53. The van der Waals surface area contributed by atoms with Gasteiger partial charge in [0, 0.05) is 23.8 Å². The summed E-state index contributed by atoms with van der Waals surface area (Å²) in [5, 5.41) is 10.7. The van der Waals surface area contributed by atoms with Crippen LogP contribution in [0.15, 0.2) is 53.3 Å². The number of hydrogen-bond donors (Lipinski definition) is 0. The number of halogens is 2.